The van der Waals surface area contributed by atoms with Crippen LogP contribution in [0, 0.1) is 6.92 Å². The molecule has 2 heterocycles. The highest BCUT2D eigenvalue weighted by atomic mass is 16.4. The third-order valence-electron chi connectivity index (χ3n) is 4.75. The Morgan fingerprint density at radius 2 is 2.00 bits per heavy atom. The number of rotatable bonds is 4. The minimum absolute atomic E-state index is 0.371. The van der Waals surface area contributed by atoms with Gasteiger partial charge in [-0.05, 0) is 63.0 Å². The number of benzene rings is 1. The molecule has 0 bridgehead atoms. The molecule has 1 aliphatic rings. The molecule has 4 heteroatoms. The average molecular weight is 286 g/mol. The zero-order chi connectivity index (χ0) is 15.0. The lowest BCUT2D eigenvalue weighted by Gasteiger charge is -2.14. The monoisotopic (exact) mass is 286 g/mol. The molecule has 0 radical (unpaired) electrons. The number of aromatic nitrogens is 1. The summed E-state index contributed by atoms with van der Waals surface area (Å²) in [4.78, 5) is 13.7. The van der Waals surface area contributed by atoms with Gasteiger partial charge in [0.25, 0.3) is 0 Å². The second kappa shape index (κ2) is 5.53. The van der Waals surface area contributed by atoms with Crippen LogP contribution in [0.5, 0.6) is 0 Å². The van der Waals surface area contributed by atoms with Crippen molar-refractivity contribution in [3.8, 4) is 0 Å². The fraction of sp³-hybridized carbons (Fsp3) is 0.471. The van der Waals surface area contributed by atoms with Crippen LogP contribution in [0.1, 0.15) is 34.5 Å². The summed E-state index contributed by atoms with van der Waals surface area (Å²) in [6, 6.07) is 5.43. The predicted octanol–water partition coefficient (Wildman–Crippen LogP) is 2.82. The van der Waals surface area contributed by atoms with E-state index in [2.05, 4.69) is 23.4 Å². The Kier molecular flexibility index (Phi) is 3.72. The second-order valence-corrected chi connectivity index (χ2v) is 5.96. The SMILES string of the molecule is Cc1c(CCN2CCCC2)c2cc(C(=O)O)ccc2n1C. The van der Waals surface area contributed by atoms with E-state index in [0.29, 0.717) is 5.56 Å². The Morgan fingerprint density at radius 3 is 2.67 bits per heavy atom. The summed E-state index contributed by atoms with van der Waals surface area (Å²) in [7, 11) is 2.05. The van der Waals surface area contributed by atoms with E-state index < -0.39 is 5.97 Å². The summed E-state index contributed by atoms with van der Waals surface area (Å²) >= 11 is 0. The maximum atomic E-state index is 11.2. The van der Waals surface area contributed by atoms with Crippen molar-refractivity contribution in [2.75, 3.05) is 19.6 Å². The summed E-state index contributed by atoms with van der Waals surface area (Å²) in [5.74, 6) is -0.858. The third-order valence-corrected chi connectivity index (χ3v) is 4.75. The largest absolute Gasteiger partial charge is 0.478 e. The number of fused-ring (bicyclic) bond motifs is 1. The topological polar surface area (TPSA) is 45.5 Å². The van der Waals surface area contributed by atoms with Crippen molar-refractivity contribution < 1.29 is 9.90 Å². The van der Waals surface area contributed by atoms with Gasteiger partial charge in [-0.2, -0.15) is 0 Å². The van der Waals surface area contributed by atoms with E-state index in [1.807, 2.05) is 12.1 Å². The van der Waals surface area contributed by atoms with Crippen LogP contribution in [0.3, 0.4) is 0 Å². The molecular weight excluding hydrogens is 264 g/mol. The zero-order valence-electron chi connectivity index (χ0n) is 12.7. The minimum atomic E-state index is -0.858. The highest BCUT2D eigenvalue weighted by Crippen LogP contribution is 2.27. The van der Waals surface area contributed by atoms with Crippen LogP contribution < -0.4 is 0 Å². The molecule has 2 aromatic rings. The third kappa shape index (κ3) is 2.56. The summed E-state index contributed by atoms with van der Waals surface area (Å²) in [6.07, 6.45) is 3.60. The summed E-state index contributed by atoms with van der Waals surface area (Å²) < 4.78 is 2.17. The molecule has 1 aliphatic heterocycles. The molecule has 0 unspecified atom stereocenters. The summed E-state index contributed by atoms with van der Waals surface area (Å²) in [6.45, 7) is 5.59. The van der Waals surface area contributed by atoms with E-state index in [4.69, 9.17) is 0 Å². The van der Waals surface area contributed by atoms with Gasteiger partial charge in [-0.3, -0.25) is 0 Å². The normalized spacial score (nSPS) is 15.9. The fourth-order valence-corrected chi connectivity index (χ4v) is 3.37. The lowest BCUT2D eigenvalue weighted by Crippen LogP contribution is -2.22. The van der Waals surface area contributed by atoms with E-state index in [1.165, 1.54) is 37.2 Å². The van der Waals surface area contributed by atoms with Gasteiger partial charge in [0.2, 0.25) is 0 Å². The first-order valence-corrected chi connectivity index (χ1v) is 7.61. The molecule has 1 saturated heterocycles. The minimum Gasteiger partial charge on any atom is -0.478 e. The highest BCUT2D eigenvalue weighted by molar-refractivity contribution is 5.95. The molecule has 112 valence electrons. The van der Waals surface area contributed by atoms with Crippen molar-refractivity contribution >= 4 is 16.9 Å². The van der Waals surface area contributed by atoms with Crippen molar-refractivity contribution in [1.29, 1.82) is 0 Å². The standard InChI is InChI=1S/C17H22N2O2/c1-12-14(7-10-19-8-3-4-9-19)15-11-13(17(20)21)5-6-16(15)18(12)2/h5-6,11H,3-4,7-10H2,1-2H3,(H,20,21). The van der Waals surface area contributed by atoms with Gasteiger partial charge in [-0.15, -0.1) is 0 Å². The van der Waals surface area contributed by atoms with Gasteiger partial charge in [0.1, 0.15) is 0 Å². The van der Waals surface area contributed by atoms with Gasteiger partial charge in [0.15, 0.2) is 0 Å². The fourth-order valence-electron chi connectivity index (χ4n) is 3.37. The van der Waals surface area contributed by atoms with Crippen LogP contribution in [0.2, 0.25) is 0 Å². The number of nitrogens with zero attached hydrogens (tertiary/aromatic N) is 2. The molecule has 1 aromatic carbocycles. The molecule has 0 aliphatic carbocycles. The molecule has 1 N–H and O–H groups in total. The number of aryl methyl sites for hydroxylation is 1. The maximum Gasteiger partial charge on any atom is 0.335 e. The molecule has 21 heavy (non-hydrogen) atoms. The van der Waals surface area contributed by atoms with Gasteiger partial charge in [-0.25, -0.2) is 4.79 Å². The van der Waals surface area contributed by atoms with Crippen LogP contribution in [0.15, 0.2) is 18.2 Å². The maximum absolute atomic E-state index is 11.2. The smallest absolute Gasteiger partial charge is 0.335 e. The lowest BCUT2D eigenvalue weighted by atomic mass is 10.1. The molecular formula is C17H22N2O2. The van der Waals surface area contributed by atoms with Crippen LogP contribution in [-0.2, 0) is 13.5 Å². The number of carboxylic acids is 1. The van der Waals surface area contributed by atoms with E-state index in [9.17, 15) is 9.90 Å². The van der Waals surface area contributed by atoms with E-state index in [1.54, 1.807) is 6.07 Å². The van der Waals surface area contributed by atoms with Crippen LogP contribution in [0.4, 0.5) is 0 Å². The van der Waals surface area contributed by atoms with Gasteiger partial charge in [-0.1, -0.05) is 0 Å². The Balaban J connectivity index is 1.96. The van der Waals surface area contributed by atoms with Gasteiger partial charge >= 0.3 is 5.97 Å². The zero-order valence-corrected chi connectivity index (χ0v) is 12.7. The Bertz CT molecular complexity index is 682. The second-order valence-electron chi connectivity index (χ2n) is 5.96. The molecule has 1 aromatic heterocycles. The van der Waals surface area contributed by atoms with Crippen molar-refractivity contribution in [1.82, 2.24) is 9.47 Å². The molecule has 4 nitrogen and oxygen atoms in total. The quantitative estimate of drug-likeness (QED) is 0.940. The lowest BCUT2D eigenvalue weighted by molar-refractivity contribution is 0.0697. The van der Waals surface area contributed by atoms with Crippen molar-refractivity contribution in [3.05, 3.63) is 35.0 Å². The Labute approximate surface area is 125 Å². The van der Waals surface area contributed by atoms with Crippen molar-refractivity contribution in [2.45, 2.75) is 26.2 Å². The number of hydrogen-bond donors (Lipinski definition) is 1. The first kappa shape index (κ1) is 14.1. The number of aromatic carboxylic acids is 1. The molecule has 3 rings (SSSR count). The Morgan fingerprint density at radius 1 is 1.29 bits per heavy atom. The molecule has 0 spiro atoms. The number of hydrogen-bond acceptors (Lipinski definition) is 2. The first-order chi connectivity index (χ1) is 10.1. The number of likely N-dealkylation sites (tertiary alicyclic amines) is 1. The van der Waals surface area contributed by atoms with E-state index in [-0.39, 0.29) is 0 Å². The molecule has 0 saturated carbocycles. The van der Waals surface area contributed by atoms with E-state index in [0.717, 1.165) is 23.9 Å². The number of carboxylic acid groups (broad SMARTS) is 1. The van der Waals surface area contributed by atoms with Crippen LogP contribution in [0.25, 0.3) is 10.9 Å². The summed E-state index contributed by atoms with van der Waals surface area (Å²) in [5.41, 5.74) is 4.03. The van der Waals surface area contributed by atoms with Crippen LogP contribution >= 0.6 is 0 Å². The van der Waals surface area contributed by atoms with E-state index >= 15 is 0 Å². The molecule has 0 atom stereocenters. The molecule has 1 fully saturated rings. The van der Waals surface area contributed by atoms with Gasteiger partial charge in [0.05, 0.1) is 5.56 Å². The highest BCUT2D eigenvalue weighted by Gasteiger charge is 2.16. The van der Waals surface area contributed by atoms with Gasteiger partial charge in [0, 0.05) is 30.2 Å². The Hall–Kier alpha value is -1.81. The predicted molar refractivity (Wildman–Crippen MR) is 84.0 cm³/mol. The average Bonchev–Trinajstić information content (AvgIpc) is 3.06. The van der Waals surface area contributed by atoms with Crippen molar-refractivity contribution in [3.63, 3.8) is 0 Å². The number of carbonyl (C=O) groups is 1. The molecule has 0 amide bonds. The first-order valence-electron chi connectivity index (χ1n) is 7.61. The van der Waals surface area contributed by atoms with Crippen molar-refractivity contribution in [2.24, 2.45) is 7.05 Å². The summed E-state index contributed by atoms with van der Waals surface area (Å²) in [5, 5.41) is 10.3. The van der Waals surface area contributed by atoms with Gasteiger partial charge < -0.3 is 14.6 Å². The van der Waals surface area contributed by atoms with Crippen LogP contribution in [-0.4, -0.2) is 40.2 Å².